The smallest absolute Gasteiger partial charge is 0.206 e. The lowest BCUT2D eigenvalue weighted by Crippen LogP contribution is -1.85. The van der Waals surface area contributed by atoms with Crippen LogP contribution in [0.15, 0.2) is 4.21 Å². The molecule has 0 aliphatic rings. The van der Waals surface area contributed by atoms with E-state index < -0.39 is 9.05 Å². The third kappa shape index (κ3) is 2.00. The quantitative estimate of drug-likeness (QED) is 0.739. The summed E-state index contributed by atoms with van der Waals surface area (Å²) >= 11 is 17.3. The van der Waals surface area contributed by atoms with Crippen LogP contribution >= 0.6 is 56.8 Å². The average molecular weight is 286 g/mol. The minimum Gasteiger partial charge on any atom is -0.206 e. The summed E-state index contributed by atoms with van der Waals surface area (Å²) in [5.41, 5.74) is 0. The van der Waals surface area contributed by atoms with Crippen LogP contribution in [-0.2, 0) is 9.05 Å². The zero-order valence-electron chi connectivity index (χ0n) is 5.14. The standard InChI is InChI=1S/C4Cl4O2S2/c5-1-2(6)4(11-3(1)7)12(8,9)10. The van der Waals surface area contributed by atoms with E-state index >= 15 is 0 Å². The zero-order valence-corrected chi connectivity index (χ0v) is 9.80. The molecule has 0 amide bonds. The fourth-order valence-electron chi connectivity index (χ4n) is 0.504. The van der Waals surface area contributed by atoms with Gasteiger partial charge in [0.05, 0.1) is 10.0 Å². The molecule has 0 fully saturated rings. The molecule has 2 nitrogen and oxygen atoms in total. The van der Waals surface area contributed by atoms with Crippen molar-refractivity contribution in [3.05, 3.63) is 14.4 Å². The highest BCUT2D eigenvalue weighted by molar-refractivity contribution is 8.15. The van der Waals surface area contributed by atoms with Crippen molar-refractivity contribution in [3.63, 3.8) is 0 Å². The van der Waals surface area contributed by atoms with Gasteiger partial charge in [0.1, 0.15) is 4.34 Å². The molecule has 0 radical (unpaired) electrons. The number of hydrogen-bond donors (Lipinski definition) is 0. The lowest BCUT2D eigenvalue weighted by Gasteiger charge is -1.88. The summed E-state index contributed by atoms with van der Waals surface area (Å²) in [5, 5.41) is -0.107. The molecule has 0 saturated carbocycles. The summed E-state index contributed by atoms with van der Waals surface area (Å²) < 4.78 is 21.5. The fraction of sp³-hybridized carbons (Fsp3) is 0. The highest BCUT2D eigenvalue weighted by atomic mass is 35.7. The summed E-state index contributed by atoms with van der Waals surface area (Å²) in [6, 6.07) is 0. The van der Waals surface area contributed by atoms with Crippen molar-refractivity contribution in [3.8, 4) is 0 Å². The van der Waals surface area contributed by atoms with Gasteiger partial charge in [0, 0.05) is 10.7 Å². The van der Waals surface area contributed by atoms with E-state index in [4.69, 9.17) is 45.5 Å². The molecule has 1 heterocycles. The van der Waals surface area contributed by atoms with Crippen LogP contribution in [0.4, 0.5) is 0 Å². The van der Waals surface area contributed by atoms with Gasteiger partial charge < -0.3 is 0 Å². The van der Waals surface area contributed by atoms with Crippen molar-refractivity contribution in [1.82, 2.24) is 0 Å². The highest BCUT2D eigenvalue weighted by Crippen LogP contribution is 2.43. The largest absolute Gasteiger partial charge is 0.272 e. The fourth-order valence-corrected chi connectivity index (χ4v) is 4.05. The molecule has 8 heteroatoms. The van der Waals surface area contributed by atoms with Gasteiger partial charge in [-0.25, -0.2) is 8.42 Å². The molecule has 0 N–H and O–H groups in total. The summed E-state index contributed by atoms with van der Waals surface area (Å²) in [6.45, 7) is 0. The second-order valence-electron chi connectivity index (χ2n) is 1.73. The Bertz CT molecular complexity index is 407. The Labute approximate surface area is 92.4 Å². The van der Waals surface area contributed by atoms with Gasteiger partial charge in [0.25, 0.3) is 9.05 Å². The Kier molecular flexibility index (Phi) is 3.19. The molecule has 12 heavy (non-hydrogen) atoms. The first-order valence-electron chi connectivity index (χ1n) is 2.42. The summed E-state index contributed by atoms with van der Waals surface area (Å²) in [4.78, 5) is 0. The zero-order chi connectivity index (χ0) is 9.52. The third-order valence-corrected chi connectivity index (χ3v) is 5.72. The van der Waals surface area contributed by atoms with Crippen LogP contribution in [0, 0.1) is 0 Å². The maximum Gasteiger partial charge on any atom is 0.272 e. The molecule has 68 valence electrons. The lowest BCUT2D eigenvalue weighted by molar-refractivity contribution is 0.611. The van der Waals surface area contributed by atoms with E-state index in [2.05, 4.69) is 0 Å². The van der Waals surface area contributed by atoms with Gasteiger partial charge in [0.15, 0.2) is 4.21 Å². The maximum atomic E-state index is 10.8. The summed E-state index contributed by atoms with van der Waals surface area (Å²) in [5.74, 6) is 0. The van der Waals surface area contributed by atoms with Crippen LogP contribution in [0.2, 0.25) is 14.4 Å². The molecule has 0 spiro atoms. The van der Waals surface area contributed by atoms with Crippen molar-refractivity contribution in [2.75, 3.05) is 0 Å². The number of rotatable bonds is 1. The molecule has 0 aliphatic carbocycles. The Hall–Kier alpha value is 0.810. The van der Waals surface area contributed by atoms with E-state index in [0.717, 1.165) is 11.3 Å². The predicted molar refractivity (Wildman–Crippen MR) is 52.4 cm³/mol. The van der Waals surface area contributed by atoms with E-state index in [1.807, 2.05) is 0 Å². The SMILES string of the molecule is O=S(=O)(Cl)c1sc(Cl)c(Cl)c1Cl. The lowest BCUT2D eigenvalue weighted by atomic mass is 10.6. The van der Waals surface area contributed by atoms with Gasteiger partial charge in [-0.1, -0.05) is 34.8 Å². The van der Waals surface area contributed by atoms with Crippen LogP contribution in [0.5, 0.6) is 0 Å². The molecule has 1 aromatic rings. The van der Waals surface area contributed by atoms with E-state index in [1.54, 1.807) is 0 Å². The van der Waals surface area contributed by atoms with Gasteiger partial charge in [-0.2, -0.15) is 0 Å². The second-order valence-corrected chi connectivity index (χ2v) is 6.87. The van der Waals surface area contributed by atoms with Crippen LogP contribution in [0.3, 0.4) is 0 Å². The van der Waals surface area contributed by atoms with Crippen molar-refractivity contribution < 1.29 is 8.42 Å². The van der Waals surface area contributed by atoms with Gasteiger partial charge in [-0.15, -0.1) is 11.3 Å². The molecule has 0 unspecified atom stereocenters. The van der Waals surface area contributed by atoms with Crippen molar-refractivity contribution in [2.45, 2.75) is 4.21 Å². The molecule has 0 bridgehead atoms. The average Bonchev–Trinajstić information content (AvgIpc) is 2.15. The van der Waals surface area contributed by atoms with E-state index in [0.29, 0.717) is 0 Å². The maximum absolute atomic E-state index is 10.8. The van der Waals surface area contributed by atoms with Gasteiger partial charge >= 0.3 is 0 Å². The molecular formula is C4Cl4O2S2. The Morgan fingerprint density at radius 2 is 1.58 bits per heavy atom. The first-order valence-corrected chi connectivity index (χ1v) is 6.68. The van der Waals surface area contributed by atoms with Gasteiger partial charge in [-0.3, -0.25) is 0 Å². The predicted octanol–water partition coefficient (Wildman–Crippen LogP) is 3.64. The molecule has 0 aromatic carbocycles. The topological polar surface area (TPSA) is 34.1 Å². The molecule has 0 saturated heterocycles. The van der Waals surface area contributed by atoms with Crippen LogP contribution in [0.25, 0.3) is 0 Å². The second kappa shape index (κ2) is 3.52. The van der Waals surface area contributed by atoms with Crippen molar-refractivity contribution >= 4 is 65.9 Å². The Morgan fingerprint density at radius 1 is 1.08 bits per heavy atom. The van der Waals surface area contributed by atoms with Gasteiger partial charge in [0.2, 0.25) is 0 Å². The Morgan fingerprint density at radius 3 is 1.75 bits per heavy atom. The first kappa shape index (κ1) is 10.9. The van der Waals surface area contributed by atoms with Crippen LogP contribution < -0.4 is 0 Å². The third-order valence-electron chi connectivity index (χ3n) is 0.948. The van der Waals surface area contributed by atoms with E-state index in [9.17, 15) is 8.42 Å². The van der Waals surface area contributed by atoms with Crippen LogP contribution in [0.1, 0.15) is 0 Å². The number of halogens is 4. The monoisotopic (exact) mass is 284 g/mol. The number of hydrogen-bond acceptors (Lipinski definition) is 3. The molecule has 0 atom stereocenters. The van der Waals surface area contributed by atoms with Crippen molar-refractivity contribution in [2.24, 2.45) is 0 Å². The highest BCUT2D eigenvalue weighted by Gasteiger charge is 2.22. The minimum absolute atomic E-state index is 0.0163. The van der Waals surface area contributed by atoms with Crippen LogP contribution in [-0.4, -0.2) is 8.42 Å². The molecule has 1 aromatic heterocycles. The summed E-state index contributed by atoms with van der Waals surface area (Å²) in [6.07, 6.45) is 0. The molecular weight excluding hydrogens is 286 g/mol. The first-order chi connectivity index (χ1) is 5.34. The Balaban J connectivity index is 3.48. The molecule has 0 aliphatic heterocycles. The summed E-state index contributed by atoms with van der Waals surface area (Å²) in [7, 11) is 1.18. The number of thiophene rings is 1. The minimum atomic E-state index is -3.85. The normalized spacial score (nSPS) is 12.0. The van der Waals surface area contributed by atoms with Crippen molar-refractivity contribution in [1.29, 1.82) is 0 Å². The van der Waals surface area contributed by atoms with E-state index in [1.165, 1.54) is 0 Å². The molecule has 1 rings (SSSR count). The van der Waals surface area contributed by atoms with Gasteiger partial charge in [-0.05, 0) is 0 Å². The van der Waals surface area contributed by atoms with E-state index in [-0.39, 0.29) is 18.6 Å².